The first-order valence-corrected chi connectivity index (χ1v) is 9.16. The zero-order valence-electron chi connectivity index (χ0n) is 13.5. The Kier molecular flexibility index (Phi) is 10.7. The Morgan fingerprint density at radius 1 is 0.792 bits per heavy atom. The lowest BCUT2D eigenvalue weighted by molar-refractivity contribution is 0.413. The van der Waals surface area contributed by atoms with Crippen LogP contribution in [0.5, 0.6) is 11.5 Å². The summed E-state index contributed by atoms with van der Waals surface area (Å²) in [7, 11) is 5.71. The van der Waals surface area contributed by atoms with E-state index in [9.17, 15) is 4.39 Å². The van der Waals surface area contributed by atoms with Crippen molar-refractivity contribution in [3.63, 3.8) is 0 Å². The fourth-order valence-electron chi connectivity index (χ4n) is 1.42. The Morgan fingerprint density at radius 2 is 1.33 bits per heavy atom. The van der Waals surface area contributed by atoms with Crippen LogP contribution in [-0.2, 0) is 0 Å². The highest BCUT2D eigenvalue weighted by atomic mass is 31.1. The van der Waals surface area contributed by atoms with Gasteiger partial charge in [-0.05, 0) is 48.9 Å². The predicted molar refractivity (Wildman–Crippen MR) is 98.0 cm³/mol. The van der Waals surface area contributed by atoms with Crippen molar-refractivity contribution >= 4 is 25.5 Å². The van der Waals surface area contributed by atoms with E-state index < -0.39 is 0 Å². The summed E-state index contributed by atoms with van der Waals surface area (Å²) in [5.74, 6) is 1.36. The number of nitrogens with zero attached hydrogens (tertiary/aromatic N) is 3. The second kappa shape index (κ2) is 12.7. The maximum absolute atomic E-state index is 12.2. The van der Waals surface area contributed by atoms with Gasteiger partial charge in [0.15, 0.2) is 25.5 Å². The van der Waals surface area contributed by atoms with Crippen molar-refractivity contribution in [2.24, 2.45) is 0 Å². The lowest BCUT2D eigenvalue weighted by Gasteiger charge is -1.97. The quantitative estimate of drug-likeness (QED) is 0.589. The molecule has 24 heavy (non-hydrogen) atoms. The highest BCUT2D eigenvalue weighted by Crippen LogP contribution is 2.10. The van der Waals surface area contributed by atoms with E-state index in [1.165, 1.54) is 17.7 Å². The van der Waals surface area contributed by atoms with E-state index in [0.717, 1.165) is 31.3 Å². The molecule has 0 saturated heterocycles. The molecule has 0 radical (unpaired) electrons. The van der Waals surface area contributed by atoms with Gasteiger partial charge in [0, 0.05) is 0 Å². The first-order valence-electron chi connectivity index (χ1n) is 6.76. The summed E-state index contributed by atoms with van der Waals surface area (Å²) >= 11 is 0. The molecule has 0 aliphatic heterocycles. The van der Waals surface area contributed by atoms with Gasteiger partial charge >= 0.3 is 0 Å². The van der Waals surface area contributed by atoms with Crippen LogP contribution in [0.1, 0.15) is 5.56 Å². The Hall–Kier alpha value is -1.73. The Morgan fingerprint density at radius 3 is 1.71 bits per heavy atom. The van der Waals surface area contributed by atoms with Gasteiger partial charge in [-0.1, -0.05) is 12.1 Å². The Labute approximate surface area is 146 Å². The highest BCUT2D eigenvalue weighted by molar-refractivity contribution is 7.43. The van der Waals surface area contributed by atoms with Gasteiger partial charge < -0.3 is 9.47 Å². The molecule has 1 heterocycles. The molecular weight excluding hydrogens is 366 g/mol. The van der Waals surface area contributed by atoms with E-state index in [2.05, 4.69) is 13.5 Å². The molecule has 0 unspecified atom stereocenters. The fraction of sp³-hybridized carbons (Fsp3) is 0.200. The molecule has 0 atom stereocenters. The van der Waals surface area contributed by atoms with Crippen molar-refractivity contribution in [1.29, 1.82) is 0 Å². The van der Waals surface area contributed by atoms with E-state index in [1.807, 2.05) is 31.2 Å². The number of halogens is 1. The van der Waals surface area contributed by atoms with Crippen LogP contribution < -0.4 is 9.47 Å². The zero-order chi connectivity index (χ0) is 17.6. The van der Waals surface area contributed by atoms with Gasteiger partial charge in [0.05, 0.1) is 14.2 Å². The fourth-order valence-corrected chi connectivity index (χ4v) is 3.24. The average Bonchev–Trinajstić information content (AvgIpc) is 2.65. The molecule has 1 aromatic heterocycles. The van der Waals surface area contributed by atoms with E-state index >= 15 is 0 Å². The minimum Gasteiger partial charge on any atom is -0.497 e. The molecule has 3 aromatic rings. The van der Waals surface area contributed by atoms with Crippen LogP contribution in [-0.4, -0.2) is 27.7 Å². The summed E-state index contributed by atoms with van der Waals surface area (Å²) in [5, 5.41) is 0. The number of aromatic nitrogens is 3. The number of rotatable bonds is 2. The van der Waals surface area contributed by atoms with Crippen molar-refractivity contribution in [3.8, 4) is 11.5 Å². The highest BCUT2D eigenvalue weighted by Gasteiger charge is 1.88. The lowest BCUT2D eigenvalue weighted by Crippen LogP contribution is -1.81. The monoisotopic (exact) mass is 383 g/mol. The van der Waals surface area contributed by atoms with Gasteiger partial charge in [-0.25, -0.2) is 4.39 Å². The molecule has 0 bridgehead atoms. The molecule has 0 amide bonds. The molecular formula is C15H17FN3O2P3. The minimum absolute atomic E-state index is 0.240. The first-order chi connectivity index (χ1) is 11.7. The standard InChI is InChI=1S/C8H10O.C7H7FO.N3P3/c1-7-4-3-5-8(6-7)9-2;1-9-7-4-2-6(8)3-5-7;1-4-2-6-3-5-1/h3-6H,1-2H3;2-5H,1H3;. The van der Waals surface area contributed by atoms with Gasteiger partial charge in [0.25, 0.3) is 0 Å². The molecule has 126 valence electrons. The molecule has 5 nitrogen and oxygen atoms in total. The van der Waals surface area contributed by atoms with Crippen LogP contribution in [0.4, 0.5) is 4.39 Å². The molecule has 9 heteroatoms. The minimum atomic E-state index is -0.240. The molecule has 2 aromatic carbocycles. The van der Waals surface area contributed by atoms with Crippen LogP contribution in [0.25, 0.3) is 0 Å². The van der Waals surface area contributed by atoms with Crippen LogP contribution in [0.15, 0.2) is 48.5 Å². The number of benzene rings is 2. The largest absolute Gasteiger partial charge is 0.497 e. The van der Waals surface area contributed by atoms with Crippen molar-refractivity contribution in [2.75, 3.05) is 14.2 Å². The third-order valence-electron chi connectivity index (χ3n) is 2.51. The number of hydrogen-bond donors (Lipinski definition) is 0. The summed E-state index contributed by atoms with van der Waals surface area (Å²) in [6.07, 6.45) is 0. The SMILES string of the molecule is COc1ccc(F)cc1.COc1cccc(C)c1.n1pnpnp1. The molecule has 0 N–H and O–H groups in total. The number of ether oxygens (including phenoxy) is 2. The summed E-state index contributed by atoms with van der Waals surface area (Å²) in [6.45, 7) is 2.04. The first kappa shape index (κ1) is 20.3. The maximum atomic E-state index is 12.2. The Bertz CT molecular complexity index is 664. The topological polar surface area (TPSA) is 57.1 Å². The summed E-state index contributed by atoms with van der Waals surface area (Å²) in [5.41, 5.74) is 1.23. The second-order valence-corrected chi connectivity index (χ2v) is 6.90. The number of aryl methyl sites for hydroxylation is 1. The van der Waals surface area contributed by atoms with E-state index in [1.54, 1.807) is 26.4 Å². The average molecular weight is 383 g/mol. The van der Waals surface area contributed by atoms with Crippen LogP contribution in [0.2, 0.25) is 0 Å². The lowest BCUT2D eigenvalue weighted by atomic mass is 10.2. The maximum Gasteiger partial charge on any atom is 0.166 e. The summed E-state index contributed by atoms with van der Waals surface area (Å²) < 4.78 is 33.3. The third kappa shape index (κ3) is 9.42. The van der Waals surface area contributed by atoms with E-state index in [-0.39, 0.29) is 5.82 Å². The molecule has 0 spiro atoms. The molecule has 0 saturated carbocycles. The molecule has 3 rings (SSSR count). The van der Waals surface area contributed by atoms with Crippen LogP contribution in [0.3, 0.4) is 0 Å². The molecule has 0 aliphatic carbocycles. The Balaban J connectivity index is 0.000000184. The van der Waals surface area contributed by atoms with E-state index in [4.69, 9.17) is 9.47 Å². The zero-order valence-corrected chi connectivity index (χ0v) is 16.2. The summed E-state index contributed by atoms with van der Waals surface area (Å²) in [4.78, 5) is 0. The molecule has 0 fully saturated rings. The number of methoxy groups -OCH3 is 2. The normalized spacial score (nSPS) is 9.83. The van der Waals surface area contributed by atoms with Crippen molar-refractivity contribution in [1.82, 2.24) is 13.5 Å². The van der Waals surface area contributed by atoms with Gasteiger partial charge in [-0.15, -0.1) is 0 Å². The molecule has 0 aliphatic rings. The van der Waals surface area contributed by atoms with Gasteiger partial charge in [0.2, 0.25) is 0 Å². The predicted octanol–water partition coefficient (Wildman–Crippen LogP) is 5.45. The number of hydrogen-bond acceptors (Lipinski definition) is 5. The van der Waals surface area contributed by atoms with Gasteiger partial charge in [-0.3, -0.25) is 0 Å². The van der Waals surface area contributed by atoms with Crippen molar-refractivity contribution < 1.29 is 13.9 Å². The smallest absolute Gasteiger partial charge is 0.166 e. The van der Waals surface area contributed by atoms with Crippen LogP contribution in [0, 0.1) is 12.7 Å². The second-order valence-electron chi connectivity index (χ2n) is 4.22. The third-order valence-corrected chi connectivity index (χ3v) is 4.43. The van der Waals surface area contributed by atoms with Gasteiger partial charge in [0.1, 0.15) is 17.3 Å². The summed E-state index contributed by atoms with van der Waals surface area (Å²) in [6, 6.07) is 13.8. The van der Waals surface area contributed by atoms with E-state index in [0.29, 0.717) is 5.75 Å². The van der Waals surface area contributed by atoms with Crippen molar-refractivity contribution in [2.45, 2.75) is 6.92 Å². The van der Waals surface area contributed by atoms with Crippen molar-refractivity contribution in [3.05, 3.63) is 59.9 Å². The van der Waals surface area contributed by atoms with Crippen LogP contribution >= 0.6 is 25.5 Å². The van der Waals surface area contributed by atoms with Gasteiger partial charge in [-0.2, -0.15) is 13.5 Å².